The van der Waals surface area contributed by atoms with Crippen LogP contribution in [-0.2, 0) is 9.78 Å². The third kappa shape index (κ3) is 1.41. The Morgan fingerprint density at radius 3 is 3.57 bits per heavy atom. The third-order valence-electron chi connectivity index (χ3n) is 0.546. The summed E-state index contributed by atoms with van der Waals surface area (Å²) in [5.74, 6) is 0. The summed E-state index contributed by atoms with van der Waals surface area (Å²) in [6, 6.07) is 0. The largest absolute Gasteiger partial charge is 0.345 e. The SMILES string of the molecule is [2H]C1C=CC=COO1. The van der Waals surface area contributed by atoms with Gasteiger partial charge in [0.15, 0.2) is 0 Å². The molecule has 0 amide bonds. The smallest absolute Gasteiger partial charge is 0.129 e. The predicted molar refractivity (Wildman–Crippen MR) is 25.3 cm³/mol. The molecule has 1 heterocycles. The van der Waals surface area contributed by atoms with Gasteiger partial charge in [-0.15, -0.1) is 0 Å². The second-order valence-corrected chi connectivity index (χ2v) is 1.04. The second-order valence-electron chi connectivity index (χ2n) is 1.04. The molecule has 0 spiro atoms. The summed E-state index contributed by atoms with van der Waals surface area (Å²) in [5, 5.41) is 0. The summed E-state index contributed by atoms with van der Waals surface area (Å²) in [6.07, 6.45) is 6.31. The first-order valence-electron chi connectivity index (χ1n) is 2.55. The lowest BCUT2D eigenvalue weighted by Gasteiger charge is -1.89. The Bertz CT molecular complexity index is 120. The van der Waals surface area contributed by atoms with Crippen molar-refractivity contribution < 1.29 is 11.1 Å². The van der Waals surface area contributed by atoms with Gasteiger partial charge in [0.1, 0.15) is 12.8 Å². The molecular formula is C5H6O2. The van der Waals surface area contributed by atoms with E-state index in [0.717, 1.165) is 0 Å². The van der Waals surface area contributed by atoms with E-state index in [9.17, 15) is 0 Å². The maximum atomic E-state index is 6.94. The highest BCUT2D eigenvalue weighted by Crippen LogP contribution is 1.88. The molecule has 1 aliphatic rings. The molecule has 0 aliphatic carbocycles. The van der Waals surface area contributed by atoms with Gasteiger partial charge in [-0.3, -0.25) is 0 Å². The summed E-state index contributed by atoms with van der Waals surface area (Å²) >= 11 is 0. The van der Waals surface area contributed by atoms with Gasteiger partial charge in [-0.2, -0.15) is 4.89 Å². The molecule has 0 saturated carbocycles. The molecule has 1 rings (SSSR count). The number of hydrogen-bond donors (Lipinski definition) is 0. The van der Waals surface area contributed by atoms with Gasteiger partial charge in [-0.05, 0) is 6.08 Å². The summed E-state index contributed by atoms with van der Waals surface area (Å²) in [5.41, 5.74) is 0. The van der Waals surface area contributed by atoms with Gasteiger partial charge in [-0.1, -0.05) is 12.2 Å². The van der Waals surface area contributed by atoms with Gasteiger partial charge in [0.05, 0.1) is 1.37 Å². The first-order chi connectivity index (χ1) is 3.89. The van der Waals surface area contributed by atoms with Gasteiger partial charge in [0, 0.05) is 0 Å². The standard InChI is InChI=1S/C5H6O2/c1-2-4-6-7-5-3-1/h1-4H,5H2/i5D. The normalized spacial score (nSPS) is 30.9. The molecule has 2 heteroatoms. The van der Waals surface area contributed by atoms with E-state index in [4.69, 9.17) is 1.37 Å². The van der Waals surface area contributed by atoms with Crippen molar-refractivity contribution in [1.82, 2.24) is 0 Å². The predicted octanol–water partition coefficient (Wildman–Crippen LogP) is 1.02. The Balaban J connectivity index is 2.46. The van der Waals surface area contributed by atoms with E-state index in [1.54, 1.807) is 18.2 Å². The van der Waals surface area contributed by atoms with Crippen molar-refractivity contribution in [3.8, 4) is 0 Å². The molecule has 1 atom stereocenters. The van der Waals surface area contributed by atoms with E-state index < -0.39 is 6.58 Å². The highest BCUT2D eigenvalue weighted by Gasteiger charge is 1.80. The van der Waals surface area contributed by atoms with Crippen LogP contribution in [0.4, 0.5) is 0 Å². The van der Waals surface area contributed by atoms with E-state index >= 15 is 0 Å². The fourth-order valence-corrected chi connectivity index (χ4v) is 0.283. The van der Waals surface area contributed by atoms with Crippen molar-refractivity contribution in [2.75, 3.05) is 6.58 Å². The van der Waals surface area contributed by atoms with Gasteiger partial charge < -0.3 is 4.89 Å². The van der Waals surface area contributed by atoms with Crippen molar-refractivity contribution in [2.24, 2.45) is 0 Å². The topological polar surface area (TPSA) is 18.5 Å². The fraction of sp³-hybridized carbons (Fsp3) is 0.200. The molecular weight excluding hydrogens is 92.1 g/mol. The van der Waals surface area contributed by atoms with E-state index in [0.29, 0.717) is 0 Å². The summed E-state index contributed by atoms with van der Waals surface area (Å²) in [4.78, 5) is 8.77. The molecule has 0 N–H and O–H groups in total. The Hall–Kier alpha value is -0.760. The third-order valence-corrected chi connectivity index (χ3v) is 0.546. The zero-order chi connectivity index (χ0) is 5.82. The van der Waals surface area contributed by atoms with Gasteiger partial charge in [0.25, 0.3) is 0 Å². The van der Waals surface area contributed by atoms with Crippen LogP contribution in [0.2, 0.25) is 0 Å². The van der Waals surface area contributed by atoms with Gasteiger partial charge >= 0.3 is 0 Å². The lowest BCUT2D eigenvalue weighted by atomic mass is 10.5. The average molecular weight is 99.1 g/mol. The lowest BCUT2D eigenvalue weighted by molar-refractivity contribution is -0.237. The molecule has 0 aromatic carbocycles. The van der Waals surface area contributed by atoms with Crippen LogP contribution < -0.4 is 0 Å². The van der Waals surface area contributed by atoms with E-state index in [1.165, 1.54) is 6.26 Å². The molecule has 0 aromatic rings. The van der Waals surface area contributed by atoms with Crippen LogP contribution in [0, 0.1) is 0 Å². The minimum atomic E-state index is -0.690. The van der Waals surface area contributed by atoms with E-state index in [-0.39, 0.29) is 0 Å². The highest BCUT2D eigenvalue weighted by atomic mass is 17.2. The Morgan fingerprint density at radius 1 is 1.57 bits per heavy atom. The van der Waals surface area contributed by atoms with Crippen molar-refractivity contribution >= 4 is 0 Å². The zero-order valence-electron chi connectivity index (χ0n) is 4.70. The average Bonchev–Trinajstić information content (AvgIpc) is 1.94. The minimum Gasteiger partial charge on any atom is -0.345 e. The van der Waals surface area contributed by atoms with Crippen LogP contribution in [0.15, 0.2) is 24.5 Å². The van der Waals surface area contributed by atoms with Crippen LogP contribution in [0.3, 0.4) is 0 Å². The molecule has 0 saturated heterocycles. The number of rotatable bonds is 0. The monoisotopic (exact) mass is 99.0 g/mol. The fourth-order valence-electron chi connectivity index (χ4n) is 0.283. The zero-order valence-corrected chi connectivity index (χ0v) is 3.70. The van der Waals surface area contributed by atoms with E-state index in [2.05, 4.69) is 9.78 Å². The number of allylic oxidation sites excluding steroid dienone is 2. The first-order valence-corrected chi connectivity index (χ1v) is 1.97. The van der Waals surface area contributed by atoms with Crippen LogP contribution in [-0.4, -0.2) is 6.58 Å². The maximum Gasteiger partial charge on any atom is 0.129 e. The quantitative estimate of drug-likeness (QED) is 0.422. The molecule has 38 valence electrons. The van der Waals surface area contributed by atoms with Crippen molar-refractivity contribution in [3.05, 3.63) is 24.5 Å². The van der Waals surface area contributed by atoms with Gasteiger partial charge in [0.2, 0.25) is 0 Å². The summed E-state index contributed by atoms with van der Waals surface area (Å²) in [7, 11) is 0. The van der Waals surface area contributed by atoms with Crippen LogP contribution in [0.5, 0.6) is 0 Å². The van der Waals surface area contributed by atoms with Gasteiger partial charge in [-0.25, -0.2) is 0 Å². The maximum absolute atomic E-state index is 6.94. The molecule has 2 nitrogen and oxygen atoms in total. The lowest BCUT2D eigenvalue weighted by Crippen LogP contribution is -1.83. The van der Waals surface area contributed by atoms with Crippen LogP contribution in [0.1, 0.15) is 1.37 Å². The molecule has 0 bridgehead atoms. The highest BCUT2D eigenvalue weighted by molar-refractivity contribution is 5.00. The molecule has 1 unspecified atom stereocenters. The first kappa shape index (κ1) is 3.27. The minimum absolute atomic E-state index is 0.690. The molecule has 1 aliphatic heterocycles. The summed E-state index contributed by atoms with van der Waals surface area (Å²) in [6.45, 7) is -0.690. The second kappa shape index (κ2) is 2.42. The molecule has 0 fully saturated rings. The molecule has 7 heavy (non-hydrogen) atoms. The number of hydrogen-bond acceptors (Lipinski definition) is 2. The van der Waals surface area contributed by atoms with E-state index in [1.807, 2.05) is 0 Å². The van der Waals surface area contributed by atoms with Crippen LogP contribution in [0.25, 0.3) is 0 Å². The van der Waals surface area contributed by atoms with Crippen molar-refractivity contribution in [2.45, 2.75) is 0 Å². The van der Waals surface area contributed by atoms with Crippen molar-refractivity contribution in [3.63, 3.8) is 0 Å². The van der Waals surface area contributed by atoms with Crippen molar-refractivity contribution in [1.29, 1.82) is 0 Å². The Kier molecular flexibility index (Phi) is 1.13. The molecule has 0 aromatic heterocycles. The Morgan fingerprint density at radius 2 is 2.57 bits per heavy atom. The van der Waals surface area contributed by atoms with Crippen LogP contribution >= 0.6 is 0 Å². The molecule has 0 radical (unpaired) electrons. The Labute approximate surface area is 43.4 Å². The summed E-state index contributed by atoms with van der Waals surface area (Å²) < 4.78 is 6.94.